The van der Waals surface area contributed by atoms with Crippen molar-refractivity contribution in [2.24, 2.45) is 9.98 Å². The summed E-state index contributed by atoms with van der Waals surface area (Å²) in [6, 6.07) is 32.5. The van der Waals surface area contributed by atoms with E-state index in [9.17, 15) is 9.90 Å². The highest BCUT2D eigenvalue weighted by atomic mass is 16.3. The minimum absolute atomic E-state index is 0.0884. The number of aliphatic imine (C=N–C) groups is 2. The van der Waals surface area contributed by atoms with Crippen LogP contribution in [0.2, 0.25) is 0 Å². The number of rotatable bonds is 7. The molecule has 0 saturated heterocycles. The zero-order valence-electron chi connectivity index (χ0n) is 19.8. The lowest BCUT2D eigenvalue weighted by molar-refractivity contribution is -0.115. The van der Waals surface area contributed by atoms with Crippen molar-refractivity contribution in [2.45, 2.75) is 20.3 Å². The molecule has 0 heterocycles. The highest BCUT2D eigenvalue weighted by molar-refractivity contribution is 6.06. The van der Waals surface area contributed by atoms with E-state index in [1.807, 2.05) is 105 Å². The van der Waals surface area contributed by atoms with E-state index >= 15 is 0 Å². The number of aromatic hydroxyl groups is 1. The standard InChI is InChI=1S/C30H27N3O2/c1-21(20-30(35)33-25-8-4-3-5-9-25)31-26-16-12-23(13-17-26)24-14-18-27(19-15-24)32-22(2)28-10-6-7-11-29(28)34/h3-19,34H,20H2,1-2H3,(H,33,35). The van der Waals surface area contributed by atoms with Crippen LogP contribution in [0.5, 0.6) is 5.75 Å². The van der Waals surface area contributed by atoms with Gasteiger partial charge in [-0.25, -0.2) is 0 Å². The minimum atomic E-state index is -0.0884. The molecule has 35 heavy (non-hydrogen) atoms. The number of hydrogen-bond acceptors (Lipinski definition) is 4. The molecular weight excluding hydrogens is 434 g/mol. The van der Waals surface area contributed by atoms with E-state index in [2.05, 4.69) is 15.3 Å². The van der Waals surface area contributed by atoms with Crippen LogP contribution in [-0.4, -0.2) is 22.4 Å². The van der Waals surface area contributed by atoms with Crippen LogP contribution in [0.4, 0.5) is 17.1 Å². The van der Waals surface area contributed by atoms with Crippen molar-refractivity contribution >= 4 is 34.4 Å². The van der Waals surface area contributed by atoms with Crippen LogP contribution in [0.15, 0.2) is 113 Å². The second kappa shape index (κ2) is 11.1. The number of phenolic OH excluding ortho intramolecular Hbond substituents is 1. The molecule has 4 aromatic rings. The molecule has 0 aliphatic rings. The van der Waals surface area contributed by atoms with Gasteiger partial charge < -0.3 is 10.4 Å². The van der Waals surface area contributed by atoms with E-state index in [-0.39, 0.29) is 18.1 Å². The first-order valence-electron chi connectivity index (χ1n) is 11.4. The van der Waals surface area contributed by atoms with Gasteiger partial charge in [0.05, 0.1) is 17.8 Å². The molecule has 0 bridgehead atoms. The summed E-state index contributed by atoms with van der Waals surface area (Å²) >= 11 is 0. The number of hydrogen-bond donors (Lipinski definition) is 2. The molecule has 0 aliphatic carbocycles. The normalized spacial score (nSPS) is 11.8. The molecule has 0 spiro atoms. The Morgan fingerprint density at radius 2 is 1.26 bits per heavy atom. The summed E-state index contributed by atoms with van der Waals surface area (Å²) in [5.74, 6) is 0.134. The molecule has 0 atom stereocenters. The van der Waals surface area contributed by atoms with Crippen LogP contribution in [0.25, 0.3) is 11.1 Å². The molecule has 0 aromatic heterocycles. The number of benzene rings is 4. The maximum absolute atomic E-state index is 12.2. The Balaban J connectivity index is 1.39. The predicted molar refractivity (Wildman–Crippen MR) is 144 cm³/mol. The van der Waals surface area contributed by atoms with Gasteiger partial charge in [0, 0.05) is 22.7 Å². The molecule has 1 amide bonds. The average Bonchev–Trinajstić information content (AvgIpc) is 2.86. The van der Waals surface area contributed by atoms with Crippen LogP contribution < -0.4 is 5.32 Å². The SMILES string of the molecule is CC(CC(=O)Nc1ccccc1)=Nc1ccc(-c2ccc(N=C(C)c3ccccc3O)cc2)cc1. The van der Waals surface area contributed by atoms with Crippen molar-refractivity contribution in [2.75, 3.05) is 5.32 Å². The summed E-state index contributed by atoms with van der Waals surface area (Å²) in [5, 5.41) is 12.9. The van der Waals surface area contributed by atoms with Crippen LogP contribution in [0, 0.1) is 0 Å². The van der Waals surface area contributed by atoms with E-state index in [0.29, 0.717) is 0 Å². The van der Waals surface area contributed by atoms with Gasteiger partial charge in [-0.3, -0.25) is 14.8 Å². The lowest BCUT2D eigenvalue weighted by atomic mass is 10.0. The lowest BCUT2D eigenvalue weighted by Crippen LogP contribution is -2.14. The average molecular weight is 462 g/mol. The monoisotopic (exact) mass is 461 g/mol. The minimum Gasteiger partial charge on any atom is -0.507 e. The third-order valence-electron chi connectivity index (χ3n) is 5.45. The second-order valence-electron chi connectivity index (χ2n) is 8.25. The van der Waals surface area contributed by atoms with Gasteiger partial charge >= 0.3 is 0 Å². The van der Waals surface area contributed by atoms with Crippen molar-refractivity contribution in [3.8, 4) is 16.9 Å². The largest absolute Gasteiger partial charge is 0.507 e. The van der Waals surface area contributed by atoms with Crippen LogP contribution in [0.1, 0.15) is 25.8 Å². The summed E-state index contributed by atoms with van der Waals surface area (Å²) in [6.07, 6.45) is 0.235. The van der Waals surface area contributed by atoms with Crippen molar-refractivity contribution in [3.05, 3.63) is 109 Å². The van der Waals surface area contributed by atoms with Gasteiger partial charge in [-0.15, -0.1) is 0 Å². The number of phenols is 1. The number of anilines is 1. The zero-order valence-corrected chi connectivity index (χ0v) is 19.8. The first-order chi connectivity index (χ1) is 17.0. The van der Waals surface area contributed by atoms with Crippen LogP contribution >= 0.6 is 0 Å². The molecule has 4 aromatic carbocycles. The topological polar surface area (TPSA) is 74.0 Å². The third-order valence-corrected chi connectivity index (χ3v) is 5.45. The van der Waals surface area contributed by atoms with E-state index in [1.54, 1.807) is 12.1 Å². The zero-order chi connectivity index (χ0) is 24.6. The summed E-state index contributed by atoms with van der Waals surface area (Å²) in [6.45, 7) is 3.74. The molecular formula is C30H27N3O2. The number of nitrogens with one attached hydrogen (secondary N) is 1. The molecule has 0 aliphatic heterocycles. The van der Waals surface area contributed by atoms with Gasteiger partial charge in [0.2, 0.25) is 5.91 Å². The van der Waals surface area contributed by atoms with Gasteiger partial charge in [0.1, 0.15) is 5.75 Å². The molecule has 5 heteroatoms. The number of carbonyl (C=O) groups excluding carboxylic acids is 1. The number of nitrogens with zero attached hydrogens (tertiary/aromatic N) is 2. The van der Waals surface area contributed by atoms with Crippen LogP contribution in [0.3, 0.4) is 0 Å². The quantitative estimate of drug-likeness (QED) is 0.283. The fourth-order valence-electron chi connectivity index (χ4n) is 3.71. The number of para-hydroxylation sites is 2. The Morgan fingerprint density at radius 1 is 0.714 bits per heavy atom. The van der Waals surface area contributed by atoms with Gasteiger partial charge in [-0.1, -0.05) is 54.6 Å². The molecule has 0 saturated carbocycles. The molecule has 2 N–H and O–H groups in total. The number of amides is 1. The summed E-state index contributed by atoms with van der Waals surface area (Å²) in [4.78, 5) is 21.4. The Kier molecular flexibility index (Phi) is 7.48. The molecule has 4 rings (SSSR count). The number of carbonyl (C=O) groups is 1. The van der Waals surface area contributed by atoms with Crippen molar-refractivity contribution in [1.82, 2.24) is 0 Å². The van der Waals surface area contributed by atoms with E-state index in [0.717, 1.165) is 45.2 Å². The van der Waals surface area contributed by atoms with Gasteiger partial charge in [-0.05, 0) is 73.5 Å². The summed E-state index contributed by atoms with van der Waals surface area (Å²) < 4.78 is 0. The maximum Gasteiger partial charge on any atom is 0.230 e. The fraction of sp³-hybridized carbons (Fsp3) is 0.100. The van der Waals surface area contributed by atoms with Crippen LogP contribution in [-0.2, 0) is 4.79 Å². The Bertz CT molecular complexity index is 1360. The highest BCUT2D eigenvalue weighted by Crippen LogP contribution is 2.26. The second-order valence-corrected chi connectivity index (χ2v) is 8.25. The molecule has 0 radical (unpaired) electrons. The summed E-state index contributed by atoms with van der Waals surface area (Å²) in [7, 11) is 0. The molecule has 0 unspecified atom stereocenters. The molecule has 0 fully saturated rings. The Morgan fingerprint density at radius 3 is 1.86 bits per heavy atom. The lowest BCUT2D eigenvalue weighted by Gasteiger charge is -2.06. The first-order valence-corrected chi connectivity index (χ1v) is 11.4. The third kappa shape index (κ3) is 6.51. The van der Waals surface area contributed by atoms with Crippen molar-refractivity contribution < 1.29 is 9.90 Å². The Labute approximate surface area is 205 Å². The first kappa shape index (κ1) is 23.6. The molecule has 174 valence electrons. The summed E-state index contributed by atoms with van der Waals surface area (Å²) in [5.41, 5.74) is 6.76. The maximum atomic E-state index is 12.2. The van der Waals surface area contributed by atoms with Gasteiger partial charge in [0.25, 0.3) is 0 Å². The van der Waals surface area contributed by atoms with E-state index < -0.39 is 0 Å². The van der Waals surface area contributed by atoms with E-state index in [1.165, 1.54) is 0 Å². The smallest absolute Gasteiger partial charge is 0.230 e. The Hall–Kier alpha value is -4.51. The fourth-order valence-corrected chi connectivity index (χ4v) is 3.71. The van der Waals surface area contributed by atoms with Crippen molar-refractivity contribution in [1.29, 1.82) is 0 Å². The van der Waals surface area contributed by atoms with E-state index in [4.69, 9.17) is 0 Å². The highest BCUT2D eigenvalue weighted by Gasteiger charge is 2.06. The van der Waals surface area contributed by atoms with Gasteiger partial charge in [-0.2, -0.15) is 0 Å². The van der Waals surface area contributed by atoms with Crippen molar-refractivity contribution in [3.63, 3.8) is 0 Å². The molecule has 5 nitrogen and oxygen atoms in total. The van der Waals surface area contributed by atoms with Gasteiger partial charge in [0.15, 0.2) is 0 Å². The predicted octanol–water partition coefficient (Wildman–Crippen LogP) is 7.32.